The van der Waals surface area contributed by atoms with E-state index in [0.717, 1.165) is 0 Å². The number of carbonyl (C=O) groups excluding carboxylic acids is 1. The molecule has 0 aliphatic carbocycles. The van der Waals surface area contributed by atoms with Crippen molar-refractivity contribution in [2.75, 3.05) is 6.61 Å². The summed E-state index contributed by atoms with van der Waals surface area (Å²) in [4.78, 5) is 11.8. The van der Waals surface area contributed by atoms with Gasteiger partial charge < -0.3 is 4.74 Å². The zero-order valence-electron chi connectivity index (χ0n) is 9.13. The molecule has 1 aromatic carbocycles. The van der Waals surface area contributed by atoms with Crippen molar-refractivity contribution in [3.05, 3.63) is 41.4 Å². The van der Waals surface area contributed by atoms with E-state index < -0.39 is 5.97 Å². The van der Waals surface area contributed by atoms with E-state index in [2.05, 4.69) is 10.2 Å². The molecule has 5 nitrogen and oxygen atoms in total. The predicted octanol–water partition coefficient (Wildman–Crippen LogP) is 2.10. The van der Waals surface area contributed by atoms with Crippen LogP contribution in [0.1, 0.15) is 17.3 Å². The van der Waals surface area contributed by atoms with Gasteiger partial charge >= 0.3 is 5.97 Å². The second-order valence-corrected chi connectivity index (χ2v) is 3.63. The third-order valence-electron chi connectivity index (χ3n) is 2.17. The third kappa shape index (κ3) is 2.29. The minimum absolute atomic E-state index is 0.297. The lowest BCUT2D eigenvalue weighted by atomic mass is 10.1. The highest BCUT2D eigenvalue weighted by Gasteiger charge is 2.17. The second-order valence-electron chi connectivity index (χ2n) is 3.22. The Morgan fingerprint density at radius 1 is 1.41 bits per heavy atom. The van der Waals surface area contributed by atoms with Crippen LogP contribution in [0.4, 0.5) is 0 Å². The Balaban J connectivity index is 2.53. The first kappa shape index (κ1) is 11.6. The normalized spacial score (nSPS) is 10.2. The molecule has 0 atom stereocenters. The molecule has 0 N–H and O–H groups in total. The summed E-state index contributed by atoms with van der Waals surface area (Å²) in [5.74, 6) is -0.457. The molecule has 2 rings (SSSR count). The second kappa shape index (κ2) is 4.97. The summed E-state index contributed by atoms with van der Waals surface area (Å²) < 4.78 is 6.58. The van der Waals surface area contributed by atoms with Crippen molar-refractivity contribution in [2.24, 2.45) is 0 Å². The molecule has 0 unspecified atom stereocenters. The van der Waals surface area contributed by atoms with Crippen LogP contribution in [0.15, 0.2) is 30.9 Å². The zero-order valence-corrected chi connectivity index (χ0v) is 9.89. The van der Waals surface area contributed by atoms with Crippen LogP contribution in [-0.2, 0) is 4.74 Å². The van der Waals surface area contributed by atoms with Crippen molar-refractivity contribution in [1.82, 2.24) is 14.8 Å². The molecule has 6 heteroatoms. The first-order valence-electron chi connectivity index (χ1n) is 5.04. The SMILES string of the molecule is CCOC(=O)c1c(Cl)cccc1-n1cnnc1. The maximum Gasteiger partial charge on any atom is 0.341 e. The monoisotopic (exact) mass is 251 g/mol. The van der Waals surface area contributed by atoms with Gasteiger partial charge in [-0.2, -0.15) is 0 Å². The molecule has 0 saturated heterocycles. The van der Waals surface area contributed by atoms with E-state index in [1.165, 1.54) is 12.7 Å². The number of hydrogen-bond acceptors (Lipinski definition) is 4. The standard InChI is InChI=1S/C11H10ClN3O2/c1-2-17-11(16)10-8(12)4-3-5-9(10)15-6-13-14-7-15/h3-7H,2H2,1H3. The Morgan fingerprint density at radius 2 is 2.12 bits per heavy atom. The quantitative estimate of drug-likeness (QED) is 0.784. The molecule has 0 aliphatic rings. The lowest BCUT2D eigenvalue weighted by Gasteiger charge is -2.10. The van der Waals surface area contributed by atoms with E-state index in [-0.39, 0.29) is 0 Å². The van der Waals surface area contributed by atoms with Gasteiger partial charge in [0, 0.05) is 0 Å². The summed E-state index contributed by atoms with van der Waals surface area (Å²) in [7, 11) is 0. The summed E-state index contributed by atoms with van der Waals surface area (Å²) >= 11 is 6.02. The summed E-state index contributed by atoms with van der Waals surface area (Å²) in [6.45, 7) is 2.04. The van der Waals surface area contributed by atoms with Gasteiger partial charge in [-0.1, -0.05) is 17.7 Å². The molecule has 0 saturated carbocycles. The van der Waals surface area contributed by atoms with Crippen LogP contribution in [0.25, 0.3) is 5.69 Å². The van der Waals surface area contributed by atoms with E-state index in [9.17, 15) is 4.79 Å². The minimum Gasteiger partial charge on any atom is -0.462 e. The average molecular weight is 252 g/mol. The fourth-order valence-electron chi connectivity index (χ4n) is 1.46. The Labute approximate surface area is 103 Å². The van der Waals surface area contributed by atoms with Crippen molar-refractivity contribution in [1.29, 1.82) is 0 Å². The minimum atomic E-state index is -0.457. The van der Waals surface area contributed by atoms with Gasteiger partial charge in [-0.3, -0.25) is 4.57 Å². The lowest BCUT2D eigenvalue weighted by molar-refractivity contribution is 0.0526. The van der Waals surface area contributed by atoms with Gasteiger partial charge in [0.05, 0.1) is 17.3 Å². The molecule has 1 aromatic heterocycles. The van der Waals surface area contributed by atoms with Crippen LogP contribution >= 0.6 is 11.6 Å². The number of rotatable bonds is 3. The van der Waals surface area contributed by atoms with Crippen molar-refractivity contribution >= 4 is 17.6 Å². The molecule has 0 radical (unpaired) electrons. The highest BCUT2D eigenvalue weighted by atomic mass is 35.5. The van der Waals surface area contributed by atoms with E-state index in [1.54, 1.807) is 29.7 Å². The highest BCUT2D eigenvalue weighted by molar-refractivity contribution is 6.34. The van der Waals surface area contributed by atoms with Crippen LogP contribution in [0.3, 0.4) is 0 Å². The Hall–Kier alpha value is -1.88. The molecule has 0 fully saturated rings. The Bertz CT molecular complexity index is 526. The average Bonchev–Trinajstić information content (AvgIpc) is 2.82. The fraction of sp³-hybridized carbons (Fsp3) is 0.182. The third-order valence-corrected chi connectivity index (χ3v) is 2.48. The van der Waals surface area contributed by atoms with E-state index in [1.807, 2.05) is 0 Å². The van der Waals surface area contributed by atoms with E-state index >= 15 is 0 Å². The summed E-state index contributed by atoms with van der Waals surface area (Å²) in [6, 6.07) is 5.14. The molecule has 17 heavy (non-hydrogen) atoms. The van der Waals surface area contributed by atoms with Gasteiger partial charge in [0.25, 0.3) is 0 Å². The smallest absolute Gasteiger partial charge is 0.341 e. The number of benzene rings is 1. The first-order chi connectivity index (χ1) is 8.24. The van der Waals surface area contributed by atoms with Crippen LogP contribution in [0.5, 0.6) is 0 Å². The van der Waals surface area contributed by atoms with Crippen molar-refractivity contribution in [2.45, 2.75) is 6.92 Å². The number of carbonyl (C=O) groups is 1. The zero-order chi connectivity index (χ0) is 12.3. The highest BCUT2D eigenvalue weighted by Crippen LogP contribution is 2.23. The van der Waals surface area contributed by atoms with Crippen LogP contribution in [0, 0.1) is 0 Å². The maximum absolute atomic E-state index is 11.8. The molecular weight excluding hydrogens is 242 g/mol. The fourth-order valence-corrected chi connectivity index (χ4v) is 1.71. The van der Waals surface area contributed by atoms with Crippen LogP contribution in [0.2, 0.25) is 5.02 Å². The van der Waals surface area contributed by atoms with Crippen molar-refractivity contribution in [3.63, 3.8) is 0 Å². The predicted molar refractivity (Wildman–Crippen MR) is 62.3 cm³/mol. The van der Waals surface area contributed by atoms with Crippen molar-refractivity contribution in [3.8, 4) is 5.69 Å². The number of esters is 1. The molecule has 1 heterocycles. The van der Waals surface area contributed by atoms with Gasteiger partial charge in [-0.25, -0.2) is 4.79 Å². The van der Waals surface area contributed by atoms with Gasteiger partial charge in [-0.05, 0) is 19.1 Å². The molecule has 0 aliphatic heterocycles. The van der Waals surface area contributed by atoms with Gasteiger partial charge in [0.15, 0.2) is 0 Å². The number of nitrogens with zero attached hydrogens (tertiary/aromatic N) is 3. The Morgan fingerprint density at radius 3 is 2.76 bits per heavy atom. The first-order valence-corrected chi connectivity index (χ1v) is 5.42. The van der Waals surface area contributed by atoms with E-state index in [0.29, 0.717) is 22.9 Å². The molecule has 2 aromatic rings. The molecular formula is C11H10ClN3O2. The number of aromatic nitrogens is 3. The largest absolute Gasteiger partial charge is 0.462 e. The van der Waals surface area contributed by atoms with Gasteiger partial charge in [-0.15, -0.1) is 10.2 Å². The van der Waals surface area contributed by atoms with Crippen molar-refractivity contribution < 1.29 is 9.53 Å². The lowest BCUT2D eigenvalue weighted by Crippen LogP contribution is -2.09. The van der Waals surface area contributed by atoms with E-state index in [4.69, 9.17) is 16.3 Å². The summed E-state index contributed by atoms with van der Waals surface area (Å²) in [6.07, 6.45) is 2.99. The number of hydrogen-bond donors (Lipinski definition) is 0. The van der Waals surface area contributed by atoms with Gasteiger partial charge in [0.2, 0.25) is 0 Å². The van der Waals surface area contributed by atoms with Crippen LogP contribution < -0.4 is 0 Å². The Kier molecular flexibility index (Phi) is 3.39. The summed E-state index contributed by atoms with van der Waals surface area (Å²) in [5, 5.41) is 7.73. The topological polar surface area (TPSA) is 57.0 Å². The maximum atomic E-state index is 11.8. The molecule has 0 amide bonds. The van der Waals surface area contributed by atoms with Crippen LogP contribution in [-0.4, -0.2) is 27.3 Å². The number of ether oxygens (including phenoxy) is 1. The molecule has 88 valence electrons. The molecule has 0 spiro atoms. The van der Waals surface area contributed by atoms with Gasteiger partial charge in [0.1, 0.15) is 18.2 Å². The summed E-state index contributed by atoms with van der Waals surface area (Å²) in [5.41, 5.74) is 0.914. The number of halogens is 1. The molecule has 0 bridgehead atoms.